The molecule has 1 fully saturated rings. The second-order valence-corrected chi connectivity index (χ2v) is 8.56. The molecule has 1 amide bonds. The Labute approximate surface area is 128 Å². The molecule has 1 saturated carbocycles. The molecular formula is C17H31NO3. The third kappa shape index (κ3) is 5.01. The minimum atomic E-state index is -0.959. The molecule has 4 nitrogen and oxygen atoms in total. The second-order valence-electron chi connectivity index (χ2n) is 8.56. The summed E-state index contributed by atoms with van der Waals surface area (Å²) < 4.78 is 0. The van der Waals surface area contributed by atoms with Crippen LogP contribution in [0.3, 0.4) is 0 Å². The van der Waals surface area contributed by atoms with Gasteiger partial charge >= 0.3 is 5.97 Å². The number of carbonyl (C=O) groups is 2. The summed E-state index contributed by atoms with van der Waals surface area (Å²) in [6.45, 7) is 12.3. The molecule has 1 rings (SSSR count). The number of carboxylic acid groups (broad SMARTS) is 1. The van der Waals surface area contributed by atoms with Gasteiger partial charge in [-0.1, -0.05) is 41.5 Å². The highest BCUT2D eigenvalue weighted by Crippen LogP contribution is 2.39. The van der Waals surface area contributed by atoms with Crippen molar-refractivity contribution in [1.82, 2.24) is 5.32 Å². The highest BCUT2D eigenvalue weighted by molar-refractivity contribution is 5.85. The monoisotopic (exact) mass is 297 g/mol. The molecule has 0 aromatic carbocycles. The molecule has 0 saturated heterocycles. The van der Waals surface area contributed by atoms with Crippen molar-refractivity contribution in [2.75, 3.05) is 0 Å². The molecule has 122 valence electrons. The molecule has 0 aromatic heterocycles. The SMILES string of the molecule is CC(C)(C)C1CCC(C(=O)N[C@@H](C(=O)O)C(C)(C)C)CC1. The van der Waals surface area contributed by atoms with Crippen LogP contribution in [0.5, 0.6) is 0 Å². The molecular weight excluding hydrogens is 266 g/mol. The van der Waals surface area contributed by atoms with Crippen molar-refractivity contribution in [2.45, 2.75) is 73.3 Å². The van der Waals surface area contributed by atoms with E-state index >= 15 is 0 Å². The van der Waals surface area contributed by atoms with Crippen LogP contribution in [0.15, 0.2) is 0 Å². The summed E-state index contributed by atoms with van der Waals surface area (Å²) in [4.78, 5) is 23.7. The number of rotatable bonds is 3. The van der Waals surface area contributed by atoms with E-state index in [-0.39, 0.29) is 17.2 Å². The molecule has 0 radical (unpaired) electrons. The number of aliphatic carboxylic acids is 1. The van der Waals surface area contributed by atoms with E-state index in [9.17, 15) is 14.7 Å². The normalized spacial score (nSPS) is 25.2. The van der Waals surface area contributed by atoms with Gasteiger partial charge in [0.25, 0.3) is 0 Å². The Hall–Kier alpha value is -1.06. The zero-order chi connectivity index (χ0) is 16.4. The lowest BCUT2D eigenvalue weighted by molar-refractivity contribution is -0.145. The lowest BCUT2D eigenvalue weighted by Crippen LogP contribution is -2.51. The van der Waals surface area contributed by atoms with Crippen LogP contribution in [0.1, 0.15) is 67.2 Å². The molecule has 0 bridgehead atoms. The van der Waals surface area contributed by atoms with Crippen LogP contribution >= 0.6 is 0 Å². The maximum Gasteiger partial charge on any atom is 0.326 e. The molecule has 0 aliphatic heterocycles. The minimum Gasteiger partial charge on any atom is -0.480 e. The summed E-state index contributed by atoms with van der Waals surface area (Å²) in [6, 6.07) is -0.828. The molecule has 0 unspecified atom stereocenters. The van der Waals surface area contributed by atoms with Gasteiger partial charge in [0.2, 0.25) is 5.91 Å². The smallest absolute Gasteiger partial charge is 0.326 e. The third-order valence-corrected chi connectivity index (χ3v) is 4.72. The fourth-order valence-electron chi connectivity index (χ4n) is 3.13. The van der Waals surface area contributed by atoms with Crippen molar-refractivity contribution >= 4 is 11.9 Å². The van der Waals surface area contributed by atoms with Gasteiger partial charge in [0.15, 0.2) is 0 Å². The van der Waals surface area contributed by atoms with Crippen molar-refractivity contribution in [1.29, 1.82) is 0 Å². The first kappa shape index (κ1) is 18.0. The van der Waals surface area contributed by atoms with E-state index in [1.165, 1.54) is 0 Å². The summed E-state index contributed by atoms with van der Waals surface area (Å²) in [6.07, 6.45) is 3.83. The van der Waals surface area contributed by atoms with Crippen LogP contribution in [0.2, 0.25) is 0 Å². The van der Waals surface area contributed by atoms with Gasteiger partial charge in [-0.2, -0.15) is 0 Å². The molecule has 21 heavy (non-hydrogen) atoms. The molecule has 4 heteroatoms. The van der Waals surface area contributed by atoms with E-state index < -0.39 is 17.4 Å². The van der Waals surface area contributed by atoms with E-state index in [2.05, 4.69) is 26.1 Å². The third-order valence-electron chi connectivity index (χ3n) is 4.72. The zero-order valence-electron chi connectivity index (χ0n) is 14.3. The molecule has 1 aliphatic carbocycles. The van der Waals surface area contributed by atoms with Crippen molar-refractivity contribution in [3.63, 3.8) is 0 Å². The lowest BCUT2D eigenvalue weighted by atomic mass is 9.69. The largest absolute Gasteiger partial charge is 0.480 e. The van der Waals surface area contributed by atoms with Crippen LogP contribution in [0, 0.1) is 22.7 Å². The second kappa shape index (κ2) is 6.37. The quantitative estimate of drug-likeness (QED) is 0.838. The van der Waals surface area contributed by atoms with Crippen LogP contribution in [0.25, 0.3) is 0 Å². The summed E-state index contributed by atoms with van der Waals surface area (Å²) in [7, 11) is 0. The Bertz CT molecular complexity index is 382. The Kier molecular flexibility index (Phi) is 5.46. The minimum absolute atomic E-state index is 0.0344. The fraction of sp³-hybridized carbons (Fsp3) is 0.882. The van der Waals surface area contributed by atoms with Crippen LogP contribution in [-0.2, 0) is 9.59 Å². The van der Waals surface area contributed by atoms with E-state index in [0.717, 1.165) is 25.7 Å². The number of carboxylic acids is 1. The van der Waals surface area contributed by atoms with E-state index in [0.29, 0.717) is 5.92 Å². The van der Waals surface area contributed by atoms with E-state index in [1.807, 2.05) is 20.8 Å². The summed E-state index contributed by atoms with van der Waals surface area (Å²) in [5, 5.41) is 12.0. The predicted molar refractivity (Wildman–Crippen MR) is 83.9 cm³/mol. The summed E-state index contributed by atoms with van der Waals surface area (Å²) in [5.74, 6) is -0.434. The predicted octanol–water partition coefficient (Wildman–Crippen LogP) is 3.45. The van der Waals surface area contributed by atoms with Gasteiger partial charge in [-0.15, -0.1) is 0 Å². The summed E-state index contributed by atoms with van der Waals surface area (Å²) in [5.41, 5.74) is -0.194. The first-order chi connectivity index (χ1) is 9.43. The first-order valence-corrected chi connectivity index (χ1v) is 7.96. The first-order valence-electron chi connectivity index (χ1n) is 7.96. The Morgan fingerprint density at radius 3 is 1.81 bits per heavy atom. The number of hydrogen-bond acceptors (Lipinski definition) is 2. The van der Waals surface area contributed by atoms with Crippen molar-refractivity contribution in [3.05, 3.63) is 0 Å². The van der Waals surface area contributed by atoms with Gasteiger partial charge in [0.05, 0.1) is 0 Å². The van der Waals surface area contributed by atoms with Gasteiger partial charge in [-0.05, 0) is 42.4 Å². The number of hydrogen-bond donors (Lipinski definition) is 2. The van der Waals surface area contributed by atoms with Gasteiger partial charge in [0, 0.05) is 5.92 Å². The molecule has 0 spiro atoms. The average Bonchev–Trinajstić information content (AvgIpc) is 2.33. The maximum atomic E-state index is 12.3. The van der Waals surface area contributed by atoms with Crippen LogP contribution in [-0.4, -0.2) is 23.0 Å². The topological polar surface area (TPSA) is 66.4 Å². The highest BCUT2D eigenvalue weighted by atomic mass is 16.4. The number of nitrogens with one attached hydrogen (secondary N) is 1. The Balaban J connectivity index is 2.60. The molecule has 1 atom stereocenters. The van der Waals surface area contributed by atoms with Crippen LogP contribution < -0.4 is 5.32 Å². The van der Waals surface area contributed by atoms with Gasteiger partial charge in [-0.25, -0.2) is 4.79 Å². The maximum absolute atomic E-state index is 12.3. The zero-order valence-corrected chi connectivity index (χ0v) is 14.3. The number of carbonyl (C=O) groups excluding carboxylic acids is 1. The Morgan fingerprint density at radius 1 is 1.00 bits per heavy atom. The number of amides is 1. The molecule has 0 heterocycles. The average molecular weight is 297 g/mol. The Morgan fingerprint density at radius 2 is 1.48 bits per heavy atom. The van der Waals surface area contributed by atoms with Crippen molar-refractivity contribution in [3.8, 4) is 0 Å². The molecule has 2 N–H and O–H groups in total. The molecule has 0 aromatic rings. The van der Waals surface area contributed by atoms with Crippen molar-refractivity contribution in [2.24, 2.45) is 22.7 Å². The van der Waals surface area contributed by atoms with E-state index in [4.69, 9.17) is 0 Å². The van der Waals surface area contributed by atoms with E-state index in [1.54, 1.807) is 0 Å². The lowest BCUT2D eigenvalue weighted by Gasteiger charge is -2.37. The highest BCUT2D eigenvalue weighted by Gasteiger charge is 2.36. The van der Waals surface area contributed by atoms with Crippen molar-refractivity contribution < 1.29 is 14.7 Å². The van der Waals surface area contributed by atoms with Gasteiger partial charge in [0.1, 0.15) is 6.04 Å². The van der Waals surface area contributed by atoms with Crippen LogP contribution in [0.4, 0.5) is 0 Å². The molecule has 1 aliphatic rings. The summed E-state index contributed by atoms with van der Waals surface area (Å²) >= 11 is 0. The van der Waals surface area contributed by atoms with Gasteiger partial charge < -0.3 is 10.4 Å². The van der Waals surface area contributed by atoms with Gasteiger partial charge in [-0.3, -0.25) is 4.79 Å². The standard InChI is InChI=1S/C17H31NO3/c1-16(2,3)12-9-7-11(8-10-12)14(19)18-13(15(20)21)17(4,5)6/h11-13H,7-10H2,1-6H3,(H,18,19)(H,20,21)/t11?,12?,13-/m0/s1. The fourth-order valence-corrected chi connectivity index (χ4v) is 3.13.